The SMILES string of the molecule is c1ccc(-c2nc(-c3ccccc3)nc(-c3cc4sc5ccccc5c4c4c5c(ccc34)-c3ccccc3C5(c3ccccc3)c3ccccc3)n2)cc1. The van der Waals surface area contributed by atoms with E-state index in [9.17, 15) is 0 Å². The minimum atomic E-state index is -0.577. The Morgan fingerprint density at radius 2 is 0.907 bits per heavy atom. The van der Waals surface area contributed by atoms with Crippen molar-refractivity contribution in [3.05, 3.63) is 210 Å². The highest BCUT2D eigenvalue weighted by molar-refractivity contribution is 7.26. The summed E-state index contributed by atoms with van der Waals surface area (Å²) in [7, 11) is 0. The number of hydrogen-bond donors (Lipinski definition) is 0. The van der Waals surface area contributed by atoms with Crippen LogP contribution in [0, 0.1) is 0 Å². The highest BCUT2D eigenvalue weighted by Crippen LogP contribution is 2.60. The molecule has 0 amide bonds. The zero-order valence-corrected chi connectivity index (χ0v) is 30.0. The van der Waals surface area contributed by atoms with Gasteiger partial charge in [-0.15, -0.1) is 11.3 Å². The van der Waals surface area contributed by atoms with Crippen molar-refractivity contribution in [2.45, 2.75) is 5.41 Å². The smallest absolute Gasteiger partial charge is 0.164 e. The zero-order chi connectivity index (χ0) is 35.6. The Labute approximate surface area is 316 Å². The fourth-order valence-corrected chi connectivity index (χ4v) is 9.92. The van der Waals surface area contributed by atoms with E-state index in [-0.39, 0.29) is 0 Å². The molecule has 0 radical (unpaired) electrons. The Morgan fingerprint density at radius 3 is 1.56 bits per heavy atom. The second-order valence-corrected chi connectivity index (χ2v) is 15.0. The molecule has 252 valence electrons. The molecule has 0 atom stereocenters. The van der Waals surface area contributed by atoms with Crippen molar-refractivity contribution in [2.24, 2.45) is 0 Å². The van der Waals surface area contributed by atoms with E-state index in [0.29, 0.717) is 17.5 Å². The minimum absolute atomic E-state index is 0.577. The second kappa shape index (κ2) is 12.2. The Kier molecular flexibility index (Phi) is 6.94. The molecule has 1 aliphatic rings. The highest BCUT2D eigenvalue weighted by atomic mass is 32.1. The van der Waals surface area contributed by atoms with E-state index in [0.717, 1.165) is 22.1 Å². The van der Waals surface area contributed by atoms with Gasteiger partial charge in [-0.25, -0.2) is 15.0 Å². The molecular formula is C50H31N3S. The van der Waals surface area contributed by atoms with Gasteiger partial charge in [0.25, 0.3) is 0 Å². The number of aromatic nitrogens is 3. The van der Waals surface area contributed by atoms with Crippen molar-refractivity contribution in [1.29, 1.82) is 0 Å². The first kappa shape index (κ1) is 30.8. The van der Waals surface area contributed by atoms with Crippen LogP contribution in [0.3, 0.4) is 0 Å². The van der Waals surface area contributed by atoms with Crippen LogP contribution >= 0.6 is 11.3 Å². The van der Waals surface area contributed by atoms with E-state index >= 15 is 0 Å². The van der Waals surface area contributed by atoms with E-state index in [1.54, 1.807) is 0 Å². The molecule has 0 aliphatic heterocycles. The molecule has 0 N–H and O–H groups in total. The lowest BCUT2D eigenvalue weighted by Gasteiger charge is -2.35. The minimum Gasteiger partial charge on any atom is -0.208 e. The number of hydrogen-bond acceptors (Lipinski definition) is 4. The number of nitrogens with zero attached hydrogens (tertiary/aromatic N) is 3. The average Bonchev–Trinajstić information content (AvgIpc) is 3.78. The van der Waals surface area contributed by atoms with Gasteiger partial charge in [0.1, 0.15) is 0 Å². The van der Waals surface area contributed by atoms with Gasteiger partial charge in [0.2, 0.25) is 0 Å². The summed E-state index contributed by atoms with van der Waals surface area (Å²) in [5, 5.41) is 4.90. The van der Waals surface area contributed by atoms with Gasteiger partial charge in [-0.1, -0.05) is 176 Å². The van der Waals surface area contributed by atoms with Crippen LogP contribution in [0.5, 0.6) is 0 Å². The first-order chi connectivity index (χ1) is 26.8. The van der Waals surface area contributed by atoms with Crippen LogP contribution in [0.1, 0.15) is 22.3 Å². The molecule has 3 nitrogen and oxygen atoms in total. The number of thiophene rings is 1. The van der Waals surface area contributed by atoms with Crippen LogP contribution in [0.2, 0.25) is 0 Å². The molecule has 4 heteroatoms. The Hall–Kier alpha value is -6.75. The van der Waals surface area contributed by atoms with Crippen LogP contribution in [-0.2, 0) is 5.41 Å². The molecule has 0 fully saturated rings. The Morgan fingerprint density at radius 1 is 0.370 bits per heavy atom. The summed E-state index contributed by atoms with van der Waals surface area (Å²) in [5.41, 5.74) is 9.92. The molecule has 0 bridgehead atoms. The van der Waals surface area contributed by atoms with E-state index in [1.807, 2.05) is 47.7 Å². The van der Waals surface area contributed by atoms with Crippen molar-refractivity contribution in [3.8, 4) is 45.3 Å². The van der Waals surface area contributed by atoms with Crippen LogP contribution in [0.4, 0.5) is 0 Å². The third-order valence-electron chi connectivity index (χ3n) is 11.0. The van der Waals surface area contributed by atoms with E-state index in [2.05, 4.69) is 152 Å². The largest absolute Gasteiger partial charge is 0.208 e. The third kappa shape index (κ3) is 4.50. The van der Waals surface area contributed by atoms with Crippen LogP contribution in [0.25, 0.3) is 76.2 Å². The molecule has 0 saturated carbocycles. The molecule has 2 aromatic heterocycles. The van der Waals surface area contributed by atoms with Crippen LogP contribution in [0.15, 0.2) is 188 Å². The lowest BCUT2D eigenvalue weighted by molar-refractivity contribution is 0.776. The normalized spacial score (nSPS) is 13.0. The number of fused-ring (bicyclic) bond motifs is 9. The Balaban J connectivity index is 1.34. The number of rotatable bonds is 5. The first-order valence-electron chi connectivity index (χ1n) is 18.3. The van der Waals surface area contributed by atoms with Gasteiger partial charge in [-0.3, -0.25) is 0 Å². The van der Waals surface area contributed by atoms with Gasteiger partial charge >= 0.3 is 0 Å². The van der Waals surface area contributed by atoms with Crippen molar-refractivity contribution in [3.63, 3.8) is 0 Å². The van der Waals surface area contributed by atoms with Crippen molar-refractivity contribution in [2.75, 3.05) is 0 Å². The van der Waals surface area contributed by atoms with E-state index < -0.39 is 5.41 Å². The monoisotopic (exact) mass is 705 g/mol. The van der Waals surface area contributed by atoms with E-state index in [4.69, 9.17) is 15.0 Å². The summed E-state index contributed by atoms with van der Waals surface area (Å²) in [5.74, 6) is 1.97. The van der Waals surface area contributed by atoms with Crippen molar-refractivity contribution in [1.82, 2.24) is 15.0 Å². The number of benzene rings is 8. The van der Waals surface area contributed by atoms with Gasteiger partial charge in [0, 0.05) is 36.9 Å². The first-order valence-corrected chi connectivity index (χ1v) is 19.1. The average molecular weight is 706 g/mol. The van der Waals surface area contributed by atoms with Crippen molar-refractivity contribution < 1.29 is 0 Å². The fourth-order valence-electron chi connectivity index (χ4n) is 8.77. The summed E-state index contributed by atoms with van der Waals surface area (Å²) in [6.45, 7) is 0. The predicted molar refractivity (Wildman–Crippen MR) is 224 cm³/mol. The highest BCUT2D eigenvalue weighted by Gasteiger charge is 2.47. The quantitative estimate of drug-likeness (QED) is 0.179. The molecule has 8 aromatic carbocycles. The lowest BCUT2D eigenvalue weighted by atomic mass is 9.66. The lowest BCUT2D eigenvalue weighted by Crippen LogP contribution is -2.28. The van der Waals surface area contributed by atoms with E-state index in [1.165, 1.54) is 58.9 Å². The summed E-state index contributed by atoms with van der Waals surface area (Å²) in [6.07, 6.45) is 0. The molecule has 0 unspecified atom stereocenters. The zero-order valence-electron chi connectivity index (χ0n) is 29.1. The van der Waals surface area contributed by atoms with Gasteiger partial charge < -0.3 is 0 Å². The Bertz CT molecular complexity index is 2930. The molecule has 0 spiro atoms. The molecule has 0 saturated heterocycles. The molecule has 11 rings (SSSR count). The topological polar surface area (TPSA) is 38.7 Å². The van der Waals surface area contributed by atoms with Crippen LogP contribution < -0.4 is 0 Å². The molecule has 54 heavy (non-hydrogen) atoms. The van der Waals surface area contributed by atoms with Gasteiger partial charge in [0.05, 0.1) is 5.41 Å². The summed E-state index contributed by atoms with van der Waals surface area (Å²) in [4.78, 5) is 15.6. The summed E-state index contributed by atoms with van der Waals surface area (Å²) in [6, 6.07) is 67.4. The molecule has 1 aliphatic carbocycles. The maximum absolute atomic E-state index is 5.28. The summed E-state index contributed by atoms with van der Waals surface area (Å²) >= 11 is 1.84. The molecule has 2 heterocycles. The molecular weight excluding hydrogens is 675 g/mol. The standard InChI is InChI=1S/C50H31N3S/c1-5-17-32(18-6-1)47-51-48(33-19-7-2-8-20-33)53-49(52-47)40-31-43-44(39-26-14-16-28-42(39)54-43)45-37(40)29-30-38-36-25-13-15-27-41(36)50(46(38)45,34-21-9-3-10-22-34)35-23-11-4-12-24-35/h1-31H. The van der Waals surface area contributed by atoms with Gasteiger partial charge in [0.15, 0.2) is 17.5 Å². The molecule has 10 aromatic rings. The fraction of sp³-hybridized carbons (Fsp3) is 0.0200. The van der Waals surface area contributed by atoms with Gasteiger partial charge in [-0.2, -0.15) is 0 Å². The maximum Gasteiger partial charge on any atom is 0.164 e. The second-order valence-electron chi connectivity index (χ2n) is 13.9. The van der Waals surface area contributed by atoms with Gasteiger partial charge in [-0.05, 0) is 56.3 Å². The van der Waals surface area contributed by atoms with Crippen molar-refractivity contribution >= 4 is 42.3 Å². The predicted octanol–water partition coefficient (Wildman–Crippen LogP) is 12.8. The van der Waals surface area contributed by atoms with Crippen LogP contribution in [-0.4, -0.2) is 15.0 Å². The maximum atomic E-state index is 5.28. The third-order valence-corrected chi connectivity index (χ3v) is 12.1. The summed E-state index contributed by atoms with van der Waals surface area (Å²) < 4.78 is 2.47.